The van der Waals surface area contributed by atoms with Gasteiger partial charge in [-0.1, -0.05) is 35.9 Å². The third kappa shape index (κ3) is 4.00. The first-order valence-electron chi connectivity index (χ1n) is 10.9. The molecule has 5 rings (SSSR count). The van der Waals surface area contributed by atoms with E-state index in [4.69, 9.17) is 11.6 Å². The Balaban J connectivity index is 1.78. The van der Waals surface area contributed by atoms with E-state index in [1.807, 2.05) is 36.4 Å². The van der Waals surface area contributed by atoms with Gasteiger partial charge in [0.05, 0.1) is 6.04 Å². The molecule has 2 aliphatic rings. The van der Waals surface area contributed by atoms with E-state index in [0.29, 0.717) is 10.8 Å². The Kier molecular flexibility index (Phi) is 5.88. The van der Waals surface area contributed by atoms with Gasteiger partial charge in [-0.15, -0.1) is 11.8 Å². The zero-order valence-electron chi connectivity index (χ0n) is 18.8. The number of thioether (sulfide) groups is 1. The number of amides is 1. The van der Waals surface area contributed by atoms with Crippen LogP contribution in [0.25, 0.3) is 0 Å². The van der Waals surface area contributed by atoms with Gasteiger partial charge >= 0.3 is 6.18 Å². The van der Waals surface area contributed by atoms with Gasteiger partial charge in [-0.25, -0.2) is 0 Å². The molecule has 0 fully saturated rings. The van der Waals surface area contributed by atoms with E-state index in [1.165, 1.54) is 23.9 Å². The second-order valence-corrected chi connectivity index (χ2v) is 10.1. The van der Waals surface area contributed by atoms with Crippen LogP contribution in [0.5, 0.6) is 0 Å². The van der Waals surface area contributed by atoms with E-state index in [-0.39, 0.29) is 17.9 Å². The summed E-state index contributed by atoms with van der Waals surface area (Å²) in [7, 11) is 0. The highest BCUT2D eigenvalue weighted by Crippen LogP contribution is 2.43. The summed E-state index contributed by atoms with van der Waals surface area (Å²) in [5, 5.41) is 2.29. The van der Waals surface area contributed by atoms with Crippen molar-refractivity contribution >= 4 is 29.3 Å². The molecule has 3 heterocycles. The summed E-state index contributed by atoms with van der Waals surface area (Å²) < 4.78 is 43.0. The number of rotatable bonds is 2. The Bertz CT molecular complexity index is 1390. The van der Waals surface area contributed by atoms with E-state index in [9.17, 15) is 22.8 Å². The summed E-state index contributed by atoms with van der Waals surface area (Å²) in [6.07, 6.45) is -3.16. The number of alkyl halides is 3. The molecule has 2 atom stereocenters. The highest BCUT2D eigenvalue weighted by atomic mass is 35.5. The molecule has 0 radical (unpaired) electrons. The third-order valence-electron chi connectivity index (χ3n) is 6.59. The summed E-state index contributed by atoms with van der Waals surface area (Å²) in [5.41, 5.74) is 2.36. The molecular weight excluding hydrogens is 499 g/mol. The third-order valence-corrected chi connectivity index (χ3v) is 7.97. The number of hydrogen-bond acceptors (Lipinski definition) is 4. The average molecular weight is 520 g/mol. The van der Waals surface area contributed by atoms with Crippen LogP contribution in [0.1, 0.15) is 45.7 Å². The standard InChI is InChI=1S/C25H21ClF3N3O2S/c1-14-20(33)9-10-31-22(14)24(34)30(15(2)25(27,28)29)13-32(31)23-18-8-7-17(26)11-16(18)12-35-21-6-4-3-5-19(21)23/h3-11,15,23H,12-13H2,1-2H3/t15-,23+/m1/s1. The maximum absolute atomic E-state index is 13.8. The summed E-state index contributed by atoms with van der Waals surface area (Å²) in [6, 6.07) is 12.0. The van der Waals surface area contributed by atoms with Crippen molar-refractivity contribution < 1.29 is 18.0 Å². The Morgan fingerprint density at radius 3 is 2.57 bits per heavy atom. The molecule has 0 aliphatic carbocycles. The number of benzene rings is 2. The smallest absolute Gasteiger partial charge is 0.306 e. The number of carbonyl (C=O) groups excluding carboxylic acids is 1. The van der Waals surface area contributed by atoms with Crippen molar-refractivity contribution in [1.29, 1.82) is 0 Å². The minimum atomic E-state index is -4.63. The predicted octanol–water partition coefficient (Wildman–Crippen LogP) is 5.51. The second-order valence-electron chi connectivity index (χ2n) is 8.64. The topological polar surface area (TPSA) is 45.6 Å². The normalized spacial score (nSPS) is 18.5. The number of carbonyl (C=O) groups is 1. The minimum absolute atomic E-state index is 0.0651. The van der Waals surface area contributed by atoms with Gasteiger partial charge in [0, 0.05) is 33.5 Å². The maximum atomic E-state index is 13.8. The SMILES string of the molecule is Cc1c2n(ccc1=O)N([C@H]1c3ccc(Cl)cc3CSc3ccccc31)CN([C@H](C)C(F)(F)F)C2=O. The van der Waals surface area contributed by atoms with Crippen LogP contribution < -0.4 is 10.4 Å². The number of nitrogens with zero attached hydrogens (tertiary/aromatic N) is 3. The minimum Gasteiger partial charge on any atom is -0.306 e. The Hall–Kier alpha value is -2.91. The van der Waals surface area contributed by atoms with E-state index in [1.54, 1.807) is 22.8 Å². The van der Waals surface area contributed by atoms with Crippen molar-refractivity contribution in [2.45, 2.75) is 42.8 Å². The van der Waals surface area contributed by atoms with Crippen molar-refractivity contribution in [3.8, 4) is 0 Å². The molecule has 0 saturated carbocycles. The lowest BCUT2D eigenvalue weighted by molar-refractivity contribution is -0.173. The molecule has 1 amide bonds. The first-order valence-corrected chi connectivity index (χ1v) is 12.3. The van der Waals surface area contributed by atoms with Gasteiger partial charge < -0.3 is 4.90 Å². The molecule has 0 bridgehead atoms. The molecule has 10 heteroatoms. The number of halogens is 4. The number of fused-ring (bicyclic) bond motifs is 3. The van der Waals surface area contributed by atoms with Crippen LogP contribution in [-0.2, 0) is 5.75 Å². The zero-order chi connectivity index (χ0) is 25.1. The molecule has 1 aromatic heterocycles. The lowest BCUT2D eigenvalue weighted by atomic mass is 9.94. The molecule has 0 spiro atoms. The van der Waals surface area contributed by atoms with Gasteiger partial charge in [0.1, 0.15) is 18.4 Å². The summed E-state index contributed by atoms with van der Waals surface area (Å²) in [5.74, 6) is -0.191. The molecular formula is C25H21ClF3N3O2S. The van der Waals surface area contributed by atoms with Gasteiger partial charge in [0.2, 0.25) is 0 Å². The quantitative estimate of drug-likeness (QED) is 0.448. The molecule has 2 aliphatic heterocycles. The van der Waals surface area contributed by atoms with Crippen LogP contribution >= 0.6 is 23.4 Å². The van der Waals surface area contributed by atoms with E-state index in [2.05, 4.69) is 0 Å². The number of hydrogen-bond donors (Lipinski definition) is 0. The summed E-state index contributed by atoms with van der Waals surface area (Å²) in [6.45, 7) is 2.11. The molecule has 5 nitrogen and oxygen atoms in total. The lowest BCUT2D eigenvalue weighted by Gasteiger charge is -2.46. The van der Waals surface area contributed by atoms with Gasteiger partial charge in [0.25, 0.3) is 5.91 Å². The van der Waals surface area contributed by atoms with E-state index < -0.39 is 29.6 Å². The molecule has 182 valence electrons. The van der Waals surface area contributed by atoms with Crippen molar-refractivity contribution in [2.24, 2.45) is 0 Å². The van der Waals surface area contributed by atoms with Crippen molar-refractivity contribution in [1.82, 2.24) is 9.58 Å². The van der Waals surface area contributed by atoms with Crippen LogP contribution in [-0.4, -0.2) is 34.4 Å². The first kappa shape index (κ1) is 23.8. The maximum Gasteiger partial charge on any atom is 0.408 e. The monoisotopic (exact) mass is 519 g/mol. The Morgan fingerprint density at radius 2 is 1.83 bits per heavy atom. The van der Waals surface area contributed by atoms with Crippen molar-refractivity contribution in [3.63, 3.8) is 0 Å². The van der Waals surface area contributed by atoms with Crippen LogP contribution in [0.2, 0.25) is 5.02 Å². The molecule has 2 aromatic carbocycles. The average Bonchev–Trinajstić information content (AvgIpc) is 2.97. The zero-order valence-corrected chi connectivity index (χ0v) is 20.4. The lowest BCUT2D eigenvalue weighted by Crippen LogP contribution is -2.60. The van der Waals surface area contributed by atoms with E-state index >= 15 is 0 Å². The van der Waals surface area contributed by atoms with Gasteiger partial charge in [-0.3, -0.25) is 19.3 Å². The van der Waals surface area contributed by atoms with Crippen LogP contribution in [0.3, 0.4) is 0 Å². The molecule has 3 aromatic rings. The van der Waals surface area contributed by atoms with Crippen molar-refractivity contribution in [2.75, 3.05) is 11.7 Å². The van der Waals surface area contributed by atoms with Gasteiger partial charge in [-0.05, 0) is 48.7 Å². The van der Waals surface area contributed by atoms with Crippen LogP contribution in [0.15, 0.2) is 64.4 Å². The molecule has 0 saturated heterocycles. The first-order chi connectivity index (χ1) is 16.6. The van der Waals surface area contributed by atoms with E-state index in [0.717, 1.165) is 33.4 Å². The molecule has 0 unspecified atom stereocenters. The highest BCUT2D eigenvalue weighted by Gasteiger charge is 2.47. The Morgan fingerprint density at radius 1 is 1.09 bits per heavy atom. The fourth-order valence-electron chi connectivity index (χ4n) is 4.65. The summed E-state index contributed by atoms with van der Waals surface area (Å²) >= 11 is 7.91. The molecule has 35 heavy (non-hydrogen) atoms. The fourth-order valence-corrected chi connectivity index (χ4v) is 5.93. The predicted molar refractivity (Wildman–Crippen MR) is 130 cm³/mol. The highest BCUT2D eigenvalue weighted by molar-refractivity contribution is 7.98. The summed E-state index contributed by atoms with van der Waals surface area (Å²) in [4.78, 5) is 27.5. The number of aromatic nitrogens is 1. The van der Waals surface area contributed by atoms with Gasteiger partial charge in [-0.2, -0.15) is 13.2 Å². The largest absolute Gasteiger partial charge is 0.408 e. The second kappa shape index (κ2) is 8.64. The molecule has 0 N–H and O–H groups in total. The van der Waals surface area contributed by atoms with Crippen molar-refractivity contribution in [3.05, 3.63) is 97.9 Å². The van der Waals surface area contributed by atoms with Crippen LogP contribution in [0.4, 0.5) is 13.2 Å². The van der Waals surface area contributed by atoms with Crippen LogP contribution in [0, 0.1) is 6.92 Å². The fraction of sp³-hybridized carbons (Fsp3) is 0.280. The number of pyridine rings is 1. The van der Waals surface area contributed by atoms with Gasteiger partial charge in [0.15, 0.2) is 5.43 Å². The Labute approximate surface area is 209 Å².